The van der Waals surface area contributed by atoms with Gasteiger partial charge in [0.25, 0.3) is 0 Å². The molecule has 0 aliphatic rings. The predicted octanol–water partition coefficient (Wildman–Crippen LogP) is 1.43. The molecule has 0 saturated heterocycles. The molecule has 1 atom stereocenters. The molecule has 1 aromatic heterocycles. The normalized spacial score (nSPS) is 12.2. The second-order valence-corrected chi connectivity index (χ2v) is 3.70. The second kappa shape index (κ2) is 5.45. The molecule has 0 radical (unpaired) electrons. The van der Waals surface area contributed by atoms with Gasteiger partial charge in [-0.1, -0.05) is 0 Å². The van der Waals surface area contributed by atoms with Crippen molar-refractivity contribution in [3.8, 4) is 0 Å². The van der Waals surface area contributed by atoms with E-state index in [0.29, 0.717) is 11.2 Å². The van der Waals surface area contributed by atoms with Gasteiger partial charge in [0, 0.05) is 18.8 Å². The zero-order valence-corrected chi connectivity index (χ0v) is 9.24. The lowest BCUT2D eigenvalue weighted by Crippen LogP contribution is -2.19. The molecule has 88 valence electrons. The van der Waals surface area contributed by atoms with Crippen LogP contribution in [0.2, 0.25) is 0 Å². The van der Waals surface area contributed by atoms with Gasteiger partial charge in [-0.15, -0.1) is 0 Å². The van der Waals surface area contributed by atoms with E-state index in [2.05, 4.69) is 4.98 Å². The highest BCUT2D eigenvalue weighted by Gasteiger charge is 2.19. The maximum absolute atomic E-state index is 11.0. The molecule has 1 rings (SSSR count). The summed E-state index contributed by atoms with van der Waals surface area (Å²) in [6, 6.07) is -0.807. The largest absolute Gasteiger partial charge is 0.481 e. The highest BCUT2D eigenvalue weighted by Crippen LogP contribution is 2.16. The van der Waals surface area contributed by atoms with Crippen LogP contribution in [0.15, 0.2) is 12.4 Å². The lowest BCUT2D eigenvalue weighted by molar-refractivity contribution is -0.142. The third-order valence-corrected chi connectivity index (χ3v) is 2.49. The van der Waals surface area contributed by atoms with E-state index in [1.807, 2.05) is 0 Å². The number of carbonyl (C=O) groups is 2. The Bertz CT molecular complexity index is 437. The van der Waals surface area contributed by atoms with Crippen LogP contribution in [0.4, 0.5) is 0 Å². The summed E-state index contributed by atoms with van der Waals surface area (Å²) in [4.78, 5) is 24.0. The number of hydrogen-bond donors (Lipinski definition) is 3. The van der Waals surface area contributed by atoms with Crippen LogP contribution in [-0.2, 0) is 9.59 Å². The van der Waals surface area contributed by atoms with Crippen LogP contribution < -0.4 is 0 Å². The van der Waals surface area contributed by atoms with Crippen LogP contribution in [0.1, 0.15) is 25.3 Å². The van der Waals surface area contributed by atoms with Crippen molar-refractivity contribution in [2.24, 2.45) is 0 Å². The lowest BCUT2D eigenvalue weighted by Gasteiger charge is -2.12. The number of H-pyrrole nitrogens is 1. The molecule has 0 amide bonds. The van der Waals surface area contributed by atoms with Crippen molar-refractivity contribution >= 4 is 24.2 Å². The van der Waals surface area contributed by atoms with Crippen molar-refractivity contribution in [3.05, 3.63) is 17.2 Å². The second-order valence-electron chi connectivity index (χ2n) is 3.31. The predicted molar refractivity (Wildman–Crippen MR) is 57.8 cm³/mol. The van der Waals surface area contributed by atoms with Gasteiger partial charge in [0.1, 0.15) is 6.04 Å². The van der Waals surface area contributed by atoms with Gasteiger partial charge in [-0.2, -0.15) is 0 Å². The van der Waals surface area contributed by atoms with Crippen molar-refractivity contribution in [2.75, 3.05) is 0 Å². The van der Waals surface area contributed by atoms with E-state index in [-0.39, 0.29) is 12.8 Å². The van der Waals surface area contributed by atoms with Crippen LogP contribution >= 0.6 is 12.2 Å². The van der Waals surface area contributed by atoms with E-state index >= 15 is 0 Å². The minimum absolute atomic E-state index is 0.0402. The number of aromatic nitrogens is 2. The van der Waals surface area contributed by atoms with E-state index in [1.165, 1.54) is 4.57 Å². The Morgan fingerprint density at radius 1 is 1.50 bits per heavy atom. The monoisotopic (exact) mass is 244 g/mol. The molecule has 0 spiro atoms. The minimum Gasteiger partial charge on any atom is -0.481 e. The number of carboxylic acids is 2. The van der Waals surface area contributed by atoms with Crippen LogP contribution in [0.5, 0.6) is 0 Å². The van der Waals surface area contributed by atoms with Crippen LogP contribution in [0, 0.1) is 4.77 Å². The van der Waals surface area contributed by atoms with Crippen molar-refractivity contribution in [2.45, 2.75) is 25.3 Å². The molecule has 0 aliphatic carbocycles. The van der Waals surface area contributed by atoms with Crippen molar-refractivity contribution in [1.82, 2.24) is 9.55 Å². The zero-order valence-electron chi connectivity index (χ0n) is 8.42. The molecule has 7 heteroatoms. The maximum Gasteiger partial charge on any atom is 0.326 e. The van der Waals surface area contributed by atoms with Crippen molar-refractivity contribution in [3.63, 3.8) is 0 Å². The zero-order chi connectivity index (χ0) is 12.1. The fourth-order valence-electron chi connectivity index (χ4n) is 1.40. The van der Waals surface area contributed by atoms with Gasteiger partial charge in [-0.05, 0) is 25.1 Å². The molecule has 3 N–H and O–H groups in total. The topological polar surface area (TPSA) is 95.3 Å². The highest BCUT2D eigenvalue weighted by atomic mass is 32.1. The molecule has 0 bridgehead atoms. The Morgan fingerprint density at radius 3 is 2.62 bits per heavy atom. The summed E-state index contributed by atoms with van der Waals surface area (Å²) in [5.41, 5.74) is 0. The Morgan fingerprint density at radius 2 is 2.19 bits per heavy atom. The summed E-state index contributed by atoms with van der Waals surface area (Å²) in [6.45, 7) is 0. The highest BCUT2D eigenvalue weighted by molar-refractivity contribution is 7.71. The number of nitrogens with one attached hydrogen (secondary N) is 1. The average molecular weight is 244 g/mol. The standard InChI is InChI=1S/C9H12N2O4S/c12-7(13)3-1-2-6(8(14)15)11-5-4-10-9(11)16/h4-6H,1-3H2,(H,10,16)(H,12,13)(H,14,15). The number of rotatable bonds is 6. The van der Waals surface area contributed by atoms with E-state index in [4.69, 9.17) is 22.4 Å². The lowest BCUT2D eigenvalue weighted by atomic mass is 10.1. The van der Waals surface area contributed by atoms with Gasteiger partial charge in [0.05, 0.1) is 0 Å². The number of imidazole rings is 1. The first-order valence-corrected chi connectivity index (χ1v) is 5.13. The quantitative estimate of drug-likeness (QED) is 0.658. The Kier molecular flexibility index (Phi) is 4.24. The number of aliphatic carboxylic acids is 2. The third kappa shape index (κ3) is 3.20. The Balaban J connectivity index is 2.70. The van der Waals surface area contributed by atoms with Gasteiger partial charge < -0.3 is 19.8 Å². The van der Waals surface area contributed by atoms with Crippen LogP contribution in [0.3, 0.4) is 0 Å². The minimum atomic E-state index is -1.01. The van der Waals surface area contributed by atoms with E-state index in [9.17, 15) is 9.59 Å². The number of aromatic amines is 1. The summed E-state index contributed by atoms with van der Waals surface area (Å²) in [6.07, 6.45) is 3.60. The first-order chi connectivity index (χ1) is 7.52. The van der Waals surface area contributed by atoms with Crippen LogP contribution in [0.25, 0.3) is 0 Å². The van der Waals surface area contributed by atoms with Gasteiger partial charge >= 0.3 is 11.9 Å². The molecule has 6 nitrogen and oxygen atoms in total. The van der Waals surface area contributed by atoms with Crippen LogP contribution in [-0.4, -0.2) is 31.7 Å². The molecule has 0 saturated carbocycles. The molecule has 1 unspecified atom stereocenters. The molecule has 0 aromatic carbocycles. The SMILES string of the molecule is O=C(O)CCCC(C(=O)O)n1cc[nH]c1=S. The van der Waals surface area contributed by atoms with Crippen molar-refractivity contribution < 1.29 is 19.8 Å². The molecular formula is C9H12N2O4S. The number of carboxylic acid groups (broad SMARTS) is 2. The average Bonchev–Trinajstić information content (AvgIpc) is 2.58. The molecule has 1 aromatic rings. The molecular weight excluding hydrogens is 232 g/mol. The smallest absolute Gasteiger partial charge is 0.326 e. The summed E-state index contributed by atoms with van der Waals surface area (Å²) < 4.78 is 1.74. The van der Waals surface area contributed by atoms with E-state index in [1.54, 1.807) is 12.4 Å². The first kappa shape index (κ1) is 12.4. The van der Waals surface area contributed by atoms with E-state index < -0.39 is 18.0 Å². The summed E-state index contributed by atoms with van der Waals surface area (Å²) >= 11 is 4.91. The summed E-state index contributed by atoms with van der Waals surface area (Å²) in [5, 5.41) is 17.5. The third-order valence-electron chi connectivity index (χ3n) is 2.17. The molecule has 1 heterocycles. The maximum atomic E-state index is 11.0. The number of nitrogens with zero attached hydrogens (tertiary/aromatic N) is 1. The van der Waals surface area contributed by atoms with Gasteiger partial charge in [-0.25, -0.2) is 4.79 Å². The fourth-order valence-corrected chi connectivity index (χ4v) is 1.66. The Hall–Kier alpha value is -1.63. The Labute approximate surface area is 96.5 Å². The van der Waals surface area contributed by atoms with Gasteiger partial charge in [-0.3, -0.25) is 4.79 Å². The first-order valence-electron chi connectivity index (χ1n) is 4.72. The molecule has 16 heavy (non-hydrogen) atoms. The van der Waals surface area contributed by atoms with Gasteiger partial charge in [0.15, 0.2) is 4.77 Å². The molecule has 0 aliphatic heterocycles. The summed E-state index contributed by atoms with van der Waals surface area (Å²) in [5.74, 6) is -1.94. The summed E-state index contributed by atoms with van der Waals surface area (Å²) in [7, 11) is 0. The van der Waals surface area contributed by atoms with Gasteiger partial charge in [0.2, 0.25) is 0 Å². The van der Waals surface area contributed by atoms with Crippen molar-refractivity contribution in [1.29, 1.82) is 0 Å². The molecule has 0 fully saturated rings. The number of hydrogen-bond acceptors (Lipinski definition) is 3. The fraction of sp³-hybridized carbons (Fsp3) is 0.444. The van der Waals surface area contributed by atoms with E-state index in [0.717, 1.165) is 0 Å².